The second-order valence-electron chi connectivity index (χ2n) is 4.84. The maximum absolute atomic E-state index is 6.13. The Morgan fingerprint density at radius 2 is 1.88 bits per heavy atom. The van der Waals surface area contributed by atoms with Crippen molar-refractivity contribution in [2.75, 3.05) is 6.54 Å². The van der Waals surface area contributed by atoms with Gasteiger partial charge < -0.3 is 5.73 Å². The molecule has 0 amide bonds. The van der Waals surface area contributed by atoms with E-state index in [0.717, 1.165) is 26.1 Å². The van der Waals surface area contributed by atoms with Crippen molar-refractivity contribution in [2.45, 2.75) is 45.3 Å². The van der Waals surface area contributed by atoms with E-state index in [1.54, 1.807) is 0 Å². The molecule has 2 N–H and O–H groups in total. The molecule has 1 aliphatic rings. The van der Waals surface area contributed by atoms with E-state index in [4.69, 9.17) is 5.73 Å². The Kier molecular flexibility index (Phi) is 3.97. The zero-order valence-corrected chi connectivity index (χ0v) is 10.2. The monoisotopic (exact) mass is 218 g/mol. The van der Waals surface area contributed by atoms with Gasteiger partial charge in [0.1, 0.15) is 0 Å². The highest BCUT2D eigenvalue weighted by atomic mass is 15.1. The fraction of sp³-hybridized carbons (Fsp3) is 0.571. The van der Waals surface area contributed by atoms with Crippen LogP contribution in [0.15, 0.2) is 24.3 Å². The van der Waals surface area contributed by atoms with Gasteiger partial charge in [0, 0.05) is 25.7 Å². The van der Waals surface area contributed by atoms with E-state index >= 15 is 0 Å². The number of hydrogen-bond acceptors (Lipinski definition) is 2. The first kappa shape index (κ1) is 11.6. The van der Waals surface area contributed by atoms with E-state index in [-0.39, 0.29) is 0 Å². The van der Waals surface area contributed by atoms with Gasteiger partial charge in [0.2, 0.25) is 0 Å². The Balaban J connectivity index is 1.82. The van der Waals surface area contributed by atoms with Crippen LogP contribution >= 0.6 is 0 Å². The molecule has 1 aromatic rings. The predicted octanol–water partition coefficient (Wildman–Crippen LogP) is 2.52. The lowest BCUT2D eigenvalue weighted by Crippen LogP contribution is -2.34. The van der Waals surface area contributed by atoms with Gasteiger partial charge in [-0.05, 0) is 17.5 Å². The summed E-state index contributed by atoms with van der Waals surface area (Å²) in [6.45, 7) is 5.42. The van der Waals surface area contributed by atoms with Gasteiger partial charge in [-0.1, -0.05) is 44.0 Å². The maximum Gasteiger partial charge on any atom is 0.0241 e. The van der Waals surface area contributed by atoms with Crippen molar-refractivity contribution in [2.24, 2.45) is 5.73 Å². The van der Waals surface area contributed by atoms with Gasteiger partial charge >= 0.3 is 0 Å². The summed E-state index contributed by atoms with van der Waals surface area (Å²) in [7, 11) is 0. The summed E-state index contributed by atoms with van der Waals surface area (Å²) in [5.41, 5.74) is 9.09. The number of benzene rings is 1. The Morgan fingerprint density at radius 3 is 2.44 bits per heavy atom. The highest BCUT2D eigenvalue weighted by Crippen LogP contribution is 2.22. The largest absolute Gasteiger partial charge is 0.327 e. The van der Waals surface area contributed by atoms with Crippen LogP contribution in [-0.2, 0) is 13.1 Å². The number of fused-ring (bicyclic) bond motifs is 1. The standard InChI is InChI=1S/C14H22N2/c1-2-3-8-14(15)11-16-9-12-6-4-5-7-13(12)10-16/h4-7,14H,2-3,8-11,15H2,1H3. The van der Waals surface area contributed by atoms with Crippen molar-refractivity contribution in [3.63, 3.8) is 0 Å². The SMILES string of the molecule is CCCCC(N)CN1Cc2ccccc2C1. The normalized spacial score (nSPS) is 17.4. The predicted molar refractivity (Wildman–Crippen MR) is 68.1 cm³/mol. The third kappa shape index (κ3) is 2.83. The van der Waals surface area contributed by atoms with Crippen LogP contribution in [0, 0.1) is 0 Å². The minimum absolute atomic E-state index is 0.342. The fourth-order valence-corrected chi connectivity index (χ4v) is 2.42. The van der Waals surface area contributed by atoms with E-state index in [9.17, 15) is 0 Å². The average Bonchev–Trinajstić information content (AvgIpc) is 2.68. The molecule has 0 fully saturated rings. The van der Waals surface area contributed by atoms with Crippen molar-refractivity contribution in [3.05, 3.63) is 35.4 Å². The summed E-state index contributed by atoms with van der Waals surface area (Å²) in [5, 5.41) is 0. The molecule has 0 radical (unpaired) electrons. The number of nitrogens with zero attached hydrogens (tertiary/aromatic N) is 1. The lowest BCUT2D eigenvalue weighted by molar-refractivity contribution is 0.259. The summed E-state index contributed by atoms with van der Waals surface area (Å²) >= 11 is 0. The van der Waals surface area contributed by atoms with Gasteiger partial charge in [0.15, 0.2) is 0 Å². The average molecular weight is 218 g/mol. The van der Waals surface area contributed by atoms with Crippen LogP contribution in [-0.4, -0.2) is 17.5 Å². The number of unbranched alkanes of at least 4 members (excludes halogenated alkanes) is 1. The van der Waals surface area contributed by atoms with Crippen molar-refractivity contribution < 1.29 is 0 Å². The molecule has 88 valence electrons. The summed E-state index contributed by atoms with van der Waals surface area (Å²) in [6, 6.07) is 9.05. The summed E-state index contributed by atoms with van der Waals surface area (Å²) in [6.07, 6.45) is 3.65. The molecular weight excluding hydrogens is 196 g/mol. The van der Waals surface area contributed by atoms with Crippen LogP contribution < -0.4 is 5.73 Å². The Labute approximate surface area is 98.4 Å². The Morgan fingerprint density at radius 1 is 1.25 bits per heavy atom. The molecule has 0 aliphatic carbocycles. The molecule has 1 aromatic carbocycles. The number of nitrogens with two attached hydrogens (primary N) is 1. The van der Waals surface area contributed by atoms with E-state index < -0.39 is 0 Å². The van der Waals surface area contributed by atoms with Crippen molar-refractivity contribution >= 4 is 0 Å². The van der Waals surface area contributed by atoms with Gasteiger partial charge in [-0.2, -0.15) is 0 Å². The third-order valence-corrected chi connectivity index (χ3v) is 3.33. The molecule has 0 spiro atoms. The van der Waals surface area contributed by atoms with E-state index in [0.29, 0.717) is 6.04 Å². The minimum Gasteiger partial charge on any atom is -0.327 e. The zero-order chi connectivity index (χ0) is 11.4. The highest BCUT2D eigenvalue weighted by Gasteiger charge is 2.19. The lowest BCUT2D eigenvalue weighted by Gasteiger charge is -2.19. The van der Waals surface area contributed by atoms with Crippen LogP contribution in [0.2, 0.25) is 0 Å². The van der Waals surface area contributed by atoms with E-state index in [2.05, 4.69) is 36.1 Å². The maximum atomic E-state index is 6.13. The molecule has 1 heterocycles. The second-order valence-corrected chi connectivity index (χ2v) is 4.84. The van der Waals surface area contributed by atoms with Crippen molar-refractivity contribution in [1.82, 2.24) is 4.90 Å². The highest BCUT2D eigenvalue weighted by molar-refractivity contribution is 5.30. The van der Waals surface area contributed by atoms with Crippen LogP contribution in [0.3, 0.4) is 0 Å². The first-order chi connectivity index (χ1) is 7.79. The molecule has 1 aliphatic heterocycles. The van der Waals surface area contributed by atoms with Gasteiger partial charge in [-0.25, -0.2) is 0 Å². The van der Waals surface area contributed by atoms with E-state index in [1.165, 1.54) is 24.0 Å². The summed E-state index contributed by atoms with van der Waals surface area (Å²) in [4.78, 5) is 2.46. The van der Waals surface area contributed by atoms with Crippen molar-refractivity contribution in [3.8, 4) is 0 Å². The van der Waals surface area contributed by atoms with Gasteiger partial charge in [-0.15, -0.1) is 0 Å². The Hall–Kier alpha value is -0.860. The number of hydrogen-bond donors (Lipinski definition) is 1. The molecule has 0 saturated carbocycles. The molecule has 0 bridgehead atoms. The molecule has 2 nitrogen and oxygen atoms in total. The minimum atomic E-state index is 0.342. The molecule has 2 heteroatoms. The lowest BCUT2D eigenvalue weighted by atomic mass is 10.1. The number of rotatable bonds is 5. The van der Waals surface area contributed by atoms with Gasteiger partial charge in [0.05, 0.1) is 0 Å². The van der Waals surface area contributed by atoms with Crippen LogP contribution in [0.5, 0.6) is 0 Å². The smallest absolute Gasteiger partial charge is 0.0241 e. The molecule has 0 aromatic heterocycles. The zero-order valence-electron chi connectivity index (χ0n) is 10.2. The summed E-state index contributed by atoms with van der Waals surface area (Å²) < 4.78 is 0. The van der Waals surface area contributed by atoms with E-state index in [1.807, 2.05) is 0 Å². The second kappa shape index (κ2) is 5.46. The summed E-state index contributed by atoms with van der Waals surface area (Å²) in [5.74, 6) is 0. The topological polar surface area (TPSA) is 29.3 Å². The molecule has 16 heavy (non-hydrogen) atoms. The molecule has 2 rings (SSSR count). The van der Waals surface area contributed by atoms with Crippen LogP contribution in [0.4, 0.5) is 0 Å². The van der Waals surface area contributed by atoms with Crippen molar-refractivity contribution in [1.29, 1.82) is 0 Å². The van der Waals surface area contributed by atoms with Gasteiger partial charge in [-0.3, -0.25) is 4.90 Å². The first-order valence-electron chi connectivity index (χ1n) is 6.34. The van der Waals surface area contributed by atoms with Crippen LogP contribution in [0.25, 0.3) is 0 Å². The molecule has 0 saturated heterocycles. The first-order valence-corrected chi connectivity index (χ1v) is 6.34. The quantitative estimate of drug-likeness (QED) is 0.823. The third-order valence-electron chi connectivity index (χ3n) is 3.33. The fourth-order valence-electron chi connectivity index (χ4n) is 2.42. The van der Waals surface area contributed by atoms with Crippen LogP contribution in [0.1, 0.15) is 37.3 Å². The Bertz CT molecular complexity index is 310. The van der Waals surface area contributed by atoms with Gasteiger partial charge in [0.25, 0.3) is 0 Å². The molecule has 1 unspecified atom stereocenters. The molecular formula is C14H22N2. The molecule has 1 atom stereocenters.